The van der Waals surface area contributed by atoms with Crippen molar-refractivity contribution in [3.05, 3.63) is 90.6 Å². The second kappa shape index (κ2) is 8.81. The average molecular weight is 600 g/mol. The summed E-state index contributed by atoms with van der Waals surface area (Å²) in [6.07, 6.45) is 1.75. The summed E-state index contributed by atoms with van der Waals surface area (Å²) >= 11 is 1.46. The van der Waals surface area contributed by atoms with Crippen molar-refractivity contribution in [3.8, 4) is 44.8 Å². The summed E-state index contributed by atoms with van der Waals surface area (Å²) in [4.78, 5) is 9.22. The van der Waals surface area contributed by atoms with E-state index in [1.54, 1.807) is 18.3 Å². The molecular weight excluding hydrogens is 585 g/mol. The van der Waals surface area contributed by atoms with E-state index in [2.05, 4.69) is 17.1 Å². The molecule has 6 heteroatoms. The summed E-state index contributed by atoms with van der Waals surface area (Å²) in [5, 5.41) is 20.5. The second-order valence-corrected chi connectivity index (χ2v) is 7.74. The maximum Gasteiger partial charge on any atom is 0.127 e. The normalized spacial score (nSPS) is 10.4. The van der Waals surface area contributed by atoms with Crippen LogP contribution in [-0.4, -0.2) is 15.1 Å². The van der Waals surface area contributed by atoms with Crippen LogP contribution in [0.15, 0.2) is 79.0 Å². The molecule has 2 aromatic heterocycles. The number of benzene rings is 3. The van der Waals surface area contributed by atoms with Gasteiger partial charge in [-0.05, 0) is 24.3 Å². The Morgan fingerprint density at radius 1 is 0.903 bits per heavy atom. The summed E-state index contributed by atoms with van der Waals surface area (Å²) in [5.41, 5.74) is 5.40. The zero-order valence-corrected chi connectivity index (χ0v) is 19.1. The Morgan fingerprint density at radius 3 is 2.48 bits per heavy atom. The van der Waals surface area contributed by atoms with Crippen LogP contribution in [0.2, 0.25) is 0 Å². The van der Waals surface area contributed by atoms with Gasteiger partial charge in [0.15, 0.2) is 0 Å². The third-order valence-corrected chi connectivity index (χ3v) is 5.82. The van der Waals surface area contributed by atoms with Crippen LogP contribution in [0.1, 0.15) is 5.56 Å². The number of rotatable bonds is 3. The van der Waals surface area contributed by atoms with Gasteiger partial charge in [0.1, 0.15) is 10.8 Å². The second-order valence-electron chi connectivity index (χ2n) is 6.71. The number of nitriles is 1. The fraction of sp³-hybridized carbons (Fsp3) is 0. The molecule has 31 heavy (non-hydrogen) atoms. The summed E-state index contributed by atoms with van der Waals surface area (Å²) in [6.45, 7) is 0. The molecule has 0 radical (unpaired) electrons. The zero-order valence-electron chi connectivity index (χ0n) is 16.0. The van der Waals surface area contributed by atoms with Crippen molar-refractivity contribution in [1.82, 2.24) is 9.97 Å². The van der Waals surface area contributed by atoms with E-state index in [1.165, 1.54) is 11.3 Å². The summed E-state index contributed by atoms with van der Waals surface area (Å²) in [7, 11) is 0. The molecule has 0 fully saturated rings. The molecule has 0 aliphatic rings. The molecule has 2 heterocycles. The Kier molecular flexibility index (Phi) is 5.95. The summed E-state index contributed by atoms with van der Waals surface area (Å²) in [6, 6.07) is 28.1. The van der Waals surface area contributed by atoms with E-state index < -0.39 is 0 Å². The summed E-state index contributed by atoms with van der Waals surface area (Å²) in [5.74, 6) is 0.183. The molecule has 1 N–H and O–H groups in total. The van der Waals surface area contributed by atoms with Gasteiger partial charge in [-0.3, -0.25) is 4.98 Å². The largest absolute Gasteiger partial charge is 0.507 e. The van der Waals surface area contributed by atoms with Gasteiger partial charge >= 0.3 is 0 Å². The summed E-state index contributed by atoms with van der Waals surface area (Å²) < 4.78 is 0.888. The van der Waals surface area contributed by atoms with Crippen molar-refractivity contribution in [2.45, 2.75) is 0 Å². The van der Waals surface area contributed by atoms with E-state index in [4.69, 9.17) is 4.98 Å². The first-order chi connectivity index (χ1) is 14.7. The monoisotopic (exact) mass is 599 g/mol. The number of nitrogens with zero attached hydrogens (tertiary/aromatic N) is 3. The van der Waals surface area contributed by atoms with Crippen molar-refractivity contribution in [1.29, 1.82) is 5.26 Å². The van der Waals surface area contributed by atoms with Gasteiger partial charge in [-0.1, -0.05) is 41.5 Å². The van der Waals surface area contributed by atoms with Crippen LogP contribution >= 0.6 is 11.3 Å². The smallest absolute Gasteiger partial charge is 0.127 e. The number of aromatic nitrogens is 2. The SMILES string of the molecule is N#Cc1cc(-c2[c-]c(-c3ccccn3)ccc2)c2nc(-c3ccccc3O)sc2c1.[Pt]. The Bertz CT molecular complexity index is 1420. The van der Waals surface area contributed by atoms with Crippen LogP contribution in [0.3, 0.4) is 0 Å². The van der Waals surface area contributed by atoms with Crippen molar-refractivity contribution in [2.24, 2.45) is 0 Å². The van der Waals surface area contributed by atoms with E-state index in [0.717, 1.165) is 32.6 Å². The minimum atomic E-state index is 0. The van der Waals surface area contributed by atoms with Gasteiger partial charge in [0.05, 0.1) is 17.1 Å². The maximum absolute atomic E-state index is 10.2. The molecule has 0 unspecified atom stereocenters. The fourth-order valence-electron chi connectivity index (χ4n) is 3.37. The fourth-order valence-corrected chi connectivity index (χ4v) is 4.43. The molecule has 0 saturated heterocycles. The molecule has 3 aromatic carbocycles. The molecular formula is C25H14N3OPtS-. The molecule has 0 aliphatic heterocycles. The van der Waals surface area contributed by atoms with E-state index in [9.17, 15) is 10.4 Å². The third-order valence-electron chi connectivity index (χ3n) is 4.78. The Morgan fingerprint density at radius 2 is 1.71 bits per heavy atom. The molecule has 0 saturated carbocycles. The predicted octanol–water partition coefficient (Wildman–Crippen LogP) is 6.07. The predicted molar refractivity (Wildman–Crippen MR) is 119 cm³/mol. The minimum Gasteiger partial charge on any atom is -0.507 e. The number of fused-ring (bicyclic) bond motifs is 1. The molecule has 0 aliphatic carbocycles. The van der Waals surface area contributed by atoms with Crippen molar-refractivity contribution in [2.75, 3.05) is 0 Å². The molecule has 4 nitrogen and oxygen atoms in total. The molecule has 0 amide bonds. The number of phenolic OH excluding ortho intramolecular Hbond substituents is 1. The van der Waals surface area contributed by atoms with Gasteiger partial charge in [0.2, 0.25) is 0 Å². The third kappa shape index (κ3) is 4.01. The number of pyridine rings is 1. The van der Waals surface area contributed by atoms with Gasteiger partial charge < -0.3 is 5.11 Å². The van der Waals surface area contributed by atoms with Crippen LogP contribution in [0.25, 0.3) is 43.2 Å². The Labute approximate surface area is 197 Å². The van der Waals surface area contributed by atoms with E-state index in [0.29, 0.717) is 16.1 Å². The number of para-hydroxylation sites is 1. The first-order valence-electron chi connectivity index (χ1n) is 9.30. The molecule has 0 bridgehead atoms. The topological polar surface area (TPSA) is 69.8 Å². The van der Waals surface area contributed by atoms with Crippen LogP contribution in [0.5, 0.6) is 5.75 Å². The van der Waals surface area contributed by atoms with Crippen LogP contribution in [0.4, 0.5) is 0 Å². The van der Waals surface area contributed by atoms with Gasteiger partial charge in [-0.15, -0.1) is 41.2 Å². The van der Waals surface area contributed by atoms with E-state index >= 15 is 0 Å². The van der Waals surface area contributed by atoms with Crippen LogP contribution in [-0.2, 0) is 21.1 Å². The van der Waals surface area contributed by atoms with E-state index in [1.807, 2.05) is 60.7 Å². The number of hydrogen-bond acceptors (Lipinski definition) is 5. The number of aromatic hydroxyl groups is 1. The molecule has 0 atom stereocenters. The first kappa shape index (κ1) is 20.9. The van der Waals surface area contributed by atoms with Crippen molar-refractivity contribution < 1.29 is 26.2 Å². The molecule has 5 aromatic rings. The van der Waals surface area contributed by atoms with Crippen molar-refractivity contribution in [3.63, 3.8) is 0 Å². The van der Waals surface area contributed by atoms with Crippen LogP contribution in [0, 0.1) is 17.4 Å². The van der Waals surface area contributed by atoms with Gasteiger partial charge in [-0.2, -0.15) is 5.26 Å². The number of hydrogen-bond donors (Lipinski definition) is 1. The number of thiazole rings is 1. The average Bonchev–Trinajstić information content (AvgIpc) is 3.23. The maximum atomic E-state index is 10.2. The molecule has 5 rings (SSSR count). The van der Waals surface area contributed by atoms with E-state index in [-0.39, 0.29) is 26.8 Å². The van der Waals surface area contributed by atoms with Crippen molar-refractivity contribution >= 4 is 21.6 Å². The first-order valence-corrected chi connectivity index (χ1v) is 10.1. The van der Waals surface area contributed by atoms with Crippen LogP contribution < -0.4 is 0 Å². The zero-order chi connectivity index (χ0) is 20.5. The standard InChI is InChI=1S/C25H14N3OS.Pt/c26-15-16-12-20(17-6-5-7-18(14-17)21-9-3-4-11-27-21)24-23(13-16)30-25(28-24)19-8-1-2-10-22(19)29;/h1-13,29H;/q-1;. The molecule has 152 valence electrons. The van der Waals surface area contributed by atoms with Gasteiger partial charge in [0, 0.05) is 43.2 Å². The molecule has 0 spiro atoms. The number of phenols is 1. The van der Waals surface area contributed by atoms with Gasteiger partial charge in [-0.25, -0.2) is 4.98 Å². The minimum absolute atomic E-state index is 0. The Hall–Kier alpha value is -3.32. The Balaban J connectivity index is 0.00000231. The van der Waals surface area contributed by atoms with Gasteiger partial charge in [0.25, 0.3) is 0 Å². The quantitative estimate of drug-likeness (QED) is 0.256.